The third-order valence-electron chi connectivity index (χ3n) is 3.85. The third-order valence-corrected chi connectivity index (χ3v) is 3.85. The van der Waals surface area contributed by atoms with Gasteiger partial charge in [0.25, 0.3) is 5.56 Å². The molecule has 0 N–H and O–H groups in total. The summed E-state index contributed by atoms with van der Waals surface area (Å²) in [6.45, 7) is 3.79. The third kappa shape index (κ3) is 2.32. The fourth-order valence-electron chi connectivity index (χ4n) is 2.78. The van der Waals surface area contributed by atoms with Gasteiger partial charge >= 0.3 is 5.97 Å². The van der Waals surface area contributed by atoms with Crippen LogP contribution < -0.4 is 5.56 Å². The Balaban J connectivity index is 2.29. The van der Waals surface area contributed by atoms with Crippen LogP contribution in [0.2, 0.25) is 0 Å². The van der Waals surface area contributed by atoms with E-state index in [1.807, 2.05) is 30.3 Å². The van der Waals surface area contributed by atoms with Crippen molar-refractivity contribution in [3.05, 3.63) is 58.1 Å². The first-order chi connectivity index (χ1) is 11.1. The van der Waals surface area contributed by atoms with Crippen LogP contribution in [0.1, 0.15) is 23.0 Å². The standard InChI is InChI=1S/C17H17N3O3/c1-4-23-17(22)15-11(2)14-13(19(15)3)10-18-20(16(14)21)12-8-6-5-7-9-12/h5-10H,4H2,1-3H3. The lowest BCUT2D eigenvalue weighted by atomic mass is 10.2. The molecule has 118 valence electrons. The minimum Gasteiger partial charge on any atom is -0.461 e. The lowest BCUT2D eigenvalue weighted by molar-refractivity contribution is 0.0515. The largest absolute Gasteiger partial charge is 0.461 e. The molecule has 3 rings (SSSR count). The van der Waals surface area contributed by atoms with E-state index in [0.29, 0.717) is 27.8 Å². The molecule has 0 radical (unpaired) electrons. The second kappa shape index (κ2) is 5.72. The first-order valence-electron chi connectivity index (χ1n) is 7.36. The number of fused-ring (bicyclic) bond motifs is 1. The van der Waals surface area contributed by atoms with Crippen LogP contribution in [0.5, 0.6) is 0 Å². The van der Waals surface area contributed by atoms with Crippen molar-refractivity contribution in [2.75, 3.05) is 6.61 Å². The van der Waals surface area contributed by atoms with Gasteiger partial charge in [-0.2, -0.15) is 9.78 Å². The van der Waals surface area contributed by atoms with Gasteiger partial charge in [0.15, 0.2) is 0 Å². The number of hydrogen-bond acceptors (Lipinski definition) is 4. The fourth-order valence-corrected chi connectivity index (χ4v) is 2.78. The highest BCUT2D eigenvalue weighted by Gasteiger charge is 2.22. The Kier molecular flexibility index (Phi) is 3.73. The molecule has 6 heteroatoms. The molecular weight excluding hydrogens is 294 g/mol. The van der Waals surface area contributed by atoms with Gasteiger partial charge in [0.05, 0.1) is 29.4 Å². The molecule has 2 heterocycles. The summed E-state index contributed by atoms with van der Waals surface area (Å²) < 4.78 is 8.08. The number of benzene rings is 1. The number of aryl methyl sites for hydroxylation is 2. The van der Waals surface area contributed by atoms with Crippen LogP contribution in [0.4, 0.5) is 0 Å². The van der Waals surface area contributed by atoms with Crippen molar-refractivity contribution in [3.8, 4) is 5.69 Å². The van der Waals surface area contributed by atoms with Gasteiger partial charge in [0.1, 0.15) is 5.69 Å². The van der Waals surface area contributed by atoms with Crippen molar-refractivity contribution in [2.24, 2.45) is 7.05 Å². The van der Waals surface area contributed by atoms with E-state index in [1.54, 1.807) is 31.7 Å². The zero-order valence-corrected chi connectivity index (χ0v) is 13.2. The average Bonchev–Trinajstić information content (AvgIpc) is 2.80. The van der Waals surface area contributed by atoms with Crippen LogP contribution in [0, 0.1) is 6.92 Å². The normalized spacial score (nSPS) is 10.9. The summed E-state index contributed by atoms with van der Waals surface area (Å²) in [6.07, 6.45) is 1.60. The van der Waals surface area contributed by atoms with E-state index < -0.39 is 5.97 Å². The maximum Gasteiger partial charge on any atom is 0.355 e. The number of para-hydroxylation sites is 1. The molecule has 2 aromatic heterocycles. The van der Waals surface area contributed by atoms with Gasteiger partial charge in [-0.3, -0.25) is 4.79 Å². The van der Waals surface area contributed by atoms with Crippen LogP contribution in [-0.4, -0.2) is 26.9 Å². The molecule has 0 saturated carbocycles. The molecular formula is C17H17N3O3. The summed E-state index contributed by atoms with van der Waals surface area (Å²) in [5, 5.41) is 4.71. The van der Waals surface area contributed by atoms with Crippen molar-refractivity contribution in [2.45, 2.75) is 13.8 Å². The fraction of sp³-hybridized carbons (Fsp3) is 0.235. The monoisotopic (exact) mass is 311 g/mol. The van der Waals surface area contributed by atoms with Crippen LogP contribution in [0.25, 0.3) is 16.6 Å². The Morgan fingerprint density at radius 1 is 1.26 bits per heavy atom. The van der Waals surface area contributed by atoms with Crippen LogP contribution in [0.3, 0.4) is 0 Å². The van der Waals surface area contributed by atoms with Gasteiger partial charge in [-0.1, -0.05) is 18.2 Å². The maximum atomic E-state index is 12.8. The highest BCUT2D eigenvalue weighted by molar-refractivity contribution is 5.98. The quantitative estimate of drug-likeness (QED) is 0.696. The first-order valence-corrected chi connectivity index (χ1v) is 7.36. The minimum atomic E-state index is -0.436. The summed E-state index contributed by atoms with van der Waals surface area (Å²) >= 11 is 0. The van der Waals surface area contributed by atoms with Crippen molar-refractivity contribution in [1.82, 2.24) is 14.3 Å². The van der Waals surface area contributed by atoms with E-state index in [-0.39, 0.29) is 12.2 Å². The Labute approximate surface area is 132 Å². The van der Waals surface area contributed by atoms with Crippen molar-refractivity contribution >= 4 is 16.9 Å². The first kappa shape index (κ1) is 15.0. The SMILES string of the molecule is CCOC(=O)c1c(C)c2c(=O)n(-c3ccccc3)ncc2n1C. The number of ether oxygens (including phenoxy) is 1. The van der Waals surface area contributed by atoms with Crippen LogP contribution >= 0.6 is 0 Å². The molecule has 0 amide bonds. The number of rotatable bonds is 3. The molecule has 0 bridgehead atoms. The highest BCUT2D eigenvalue weighted by atomic mass is 16.5. The molecule has 0 fully saturated rings. The van der Waals surface area contributed by atoms with E-state index in [9.17, 15) is 9.59 Å². The molecule has 0 aliphatic heterocycles. The summed E-state index contributed by atoms with van der Waals surface area (Å²) in [5.74, 6) is -0.436. The molecule has 23 heavy (non-hydrogen) atoms. The number of carbonyl (C=O) groups excluding carboxylic acids is 1. The average molecular weight is 311 g/mol. The van der Waals surface area contributed by atoms with Gasteiger partial charge < -0.3 is 9.30 Å². The molecule has 6 nitrogen and oxygen atoms in total. The lowest BCUT2D eigenvalue weighted by Crippen LogP contribution is -2.21. The number of aromatic nitrogens is 3. The van der Waals surface area contributed by atoms with Crippen molar-refractivity contribution < 1.29 is 9.53 Å². The Bertz CT molecular complexity index is 939. The molecule has 0 saturated heterocycles. The van der Waals surface area contributed by atoms with Gasteiger partial charge in [0.2, 0.25) is 0 Å². The Hall–Kier alpha value is -2.89. The molecule has 0 aliphatic carbocycles. The van der Waals surface area contributed by atoms with E-state index >= 15 is 0 Å². The molecule has 0 unspecified atom stereocenters. The lowest BCUT2D eigenvalue weighted by Gasteiger charge is -2.05. The summed E-state index contributed by atoms with van der Waals surface area (Å²) in [7, 11) is 1.73. The topological polar surface area (TPSA) is 66.1 Å². The van der Waals surface area contributed by atoms with Gasteiger partial charge in [0, 0.05) is 7.05 Å². The highest BCUT2D eigenvalue weighted by Crippen LogP contribution is 2.22. The van der Waals surface area contributed by atoms with Crippen LogP contribution in [0.15, 0.2) is 41.3 Å². The molecule has 0 atom stereocenters. The predicted octanol–water partition coefficient (Wildman–Crippen LogP) is 2.21. The molecule has 0 spiro atoms. The zero-order valence-electron chi connectivity index (χ0n) is 13.2. The van der Waals surface area contributed by atoms with E-state index in [0.717, 1.165) is 0 Å². The van der Waals surface area contributed by atoms with Crippen LogP contribution in [-0.2, 0) is 11.8 Å². The smallest absolute Gasteiger partial charge is 0.355 e. The second-order valence-electron chi connectivity index (χ2n) is 5.21. The molecule has 0 aliphatic rings. The number of nitrogens with zero attached hydrogens (tertiary/aromatic N) is 3. The Morgan fingerprint density at radius 2 is 1.96 bits per heavy atom. The molecule has 3 aromatic rings. The predicted molar refractivity (Wildman–Crippen MR) is 87.0 cm³/mol. The number of carbonyl (C=O) groups is 1. The second-order valence-corrected chi connectivity index (χ2v) is 5.21. The van der Waals surface area contributed by atoms with E-state index in [4.69, 9.17) is 4.74 Å². The summed E-state index contributed by atoms with van der Waals surface area (Å²) in [5.41, 5.74) is 2.03. The van der Waals surface area contributed by atoms with Gasteiger partial charge in [-0.05, 0) is 31.5 Å². The molecule has 1 aromatic carbocycles. The number of hydrogen-bond donors (Lipinski definition) is 0. The van der Waals surface area contributed by atoms with E-state index in [1.165, 1.54) is 4.68 Å². The summed E-state index contributed by atoms with van der Waals surface area (Å²) in [4.78, 5) is 25.0. The maximum absolute atomic E-state index is 12.8. The van der Waals surface area contributed by atoms with Gasteiger partial charge in [-0.15, -0.1) is 0 Å². The number of esters is 1. The zero-order chi connectivity index (χ0) is 16.6. The van der Waals surface area contributed by atoms with Crippen molar-refractivity contribution in [1.29, 1.82) is 0 Å². The Morgan fingerprint density at radius 3 is 2.61 bits per heavy atom. The van der Waals surface area contributed by atoms with E-state index in [2.05, 4.69) is 5.10 Å². The van der Waals surface area contributed by atoms with Crippen molar-refractivity contribution in [3.63, 3.8) is 0 Å². The van der Waals surface area contributed by atoms with Gasteiger partial charge in [-0.25, -0.2) is 4.79 Å². The minimum absolute atomic E-state index is 0.252. The summed E-state index contributed by atoms with van der Waals surface area (Å²) in [6, 6.07) is 9.18.